The van der Waals surface area contributed by atoms with Gasteiger partial charge in [-0.05, 0) is 83.5 Å². The number of esters is 1. The first kappa shape index (κ1) is 60.7. The fraction of sp³-hybridized carbons (Fsp3) is 0.722. The molecule has 364 valence electrons. The number of hydrogen-bond acceptors (Lipinski definition) is 6. The minimum absolute atomic E-state index is 0.0737. The third-order valence-electron chi connectivity index (χ3n) is 10.4. The van der Waals surface area contributed by atoms with Crippen molar-refractivity contribution in [2.75, 3.05) is 54.1 Å². The number of phosphoric ester groups is 1. The molecule has 0 aromatic rings. The summed E-state index contributed by atoms with van der Waals surface area (Å²) in [6.07, 6.45) is 62.1. The second kappa shape index (κ2) is 46.2. The Morgan fingerprint density at radius 3 is 1.38 bits per heavy atom. The van der Waals surface area contributed by atoms with E-state index in [9.17, 15) is 14.3 Å². The summed E-state index contributed by atoms with van der Waals surface area (Å²) in [5.41, 5.74) is 0. The summed E-state index contributed by atoms with van der Waals surface area (Å²) in [6.45, 7) is 5.41. The number of hydrogen-bond donors (Lipinski definition) is 1. The molecule has 9 heteroatoms. The quantitative estimate of drug-likeness (QED) is 0.0214. The zero-order valence-electron chi connectivity index (χ0n) is 41.3. The maximum Gasteiger partial charge on any atom is 0.472 e. The molecule has 0 fully saturated rings. The number of nitrogens with zero attached hydrogens (tertiary/aromatic N) is 1. The highest BCUT2D eigenvalue weighted by atomic mass is 31.2. The molecule has 1 N–H and O–H groups in total. The molecule has 0 amide bonds. The molecule has 0 aliphatic heterocycles. The van der Waals surface area contributed by atoms with E-state index in [-0.39, 0.29) is 32.2 Å². The van der Waals surface area contributed by atoms with Gasteiger partial charge in [-0.2, -0.15) is 0 Å². The molecule has 0 rings (SSSR count). The van der Waals surface area contributed by atoms with E-state index in [1.54, 1.807) is 0 Å². The number of quaternary nitrogens is 1. The van der Waals surface area contributed by atoms with Gasteiger partial charge in [-0.15, -0.1) is 0 Å². The molecule has 0 aromatic carbocycles. The van der Waals surface area contributed by atoms with E-state index in [2.05, 4.69) is 98.9 Å². The van der Waals surface area contributed by atoms with Crippen LogP contribution in [0.15, 0.2) is 85.1 Å². The van der Waals surface area contributed by atoms with Gasteiger partial charge in [0.1, 0.15) is 19.3 Å². The van der Waals surface area contributed by atoms with Crippen molar-refractivity contribution in [3.05, 3.63) is 85.1 Å². The molecule has 0 bridgehead atoms. The summed E-state index contributed by atoms with van der Waals surface area (Å²) in [5.74, 6) is -0.372. The van der Waals surface area contributed by atoms with Crippen LogP contribution in [0, 0.1) is 0 Å². The summed E-state index contributed by atoms with van der Waals surface area (Å²) >= 11 is 0. The minimum Gasteiger partial charge on any atom is -0.457 e. The van der Waals surface area contributed by atoms with Crippen LogP contribution in [0.3, 0.4) is 0 Å². The normalized spacial score (nSPS) is 14.3. The fourth-order valence-electron chi connectivity index (χ4n) is 6.56. The van der Waals surface area contributed by atoms with Gasteiger partial charge in [0.15, 0.2) is 0 Å². The molecule has 0 saturated heterocycles. The number of allylic oxidation sites excluding steroid dienone is 14. The van der Waals surface area contributed by atoms with Gasteiger partial charge in [-0.1, -0.05) is 189 Å². The van der Waals surface area contributed by atoms with Crippen molar-refractivity contribution in [2.24, 2.45) is 0 Å². The zero-order chi connectivity index (χ0) is 46.2. The first-order chi connectivity index (χ1) is 30.6. The van der Waals surface area contributed by atoms with Crippen LogP contribution in [0.5, 0.6) is 0 Å². The highest BCUT2D eigenvalue weighted by Gasteiger charge is 2.26. The first-order valence-electron chi connectivity index (χ1n) is 25.3. The Kier molecular flexibility index (Phi) is 44.5. The van der Waals surface area contributed by atoms with Crippen molar-refractivity contribution in [1.29, 1.82) is 0 Å². The van der Waals surface area contributed by atoms with E-state index in [1.165, 1.54) is 109 Å². The Labute approximate surface area is 388 Å². The number of ether oxygens (including phenoxy) is 2. The molecular weight excluding hydrogens is 806 g/mol. The minimum atomic E-state index is -4.30. The third-order valence-corrected chi connectivity index (χ3v) is 11.4. The first-order valence-corrected chi connectivity index (χ1v) is 26.8. The van der Waals surface area contributed by atoms with Crippen molar-refractivity contribution < 1.29 is 37.3 Å². The number of likely N-dealkylation sites (N-methyl/N-ethyl adjacent to an activating group) is 1. The average molecular weight is 903 g/mol. The highest BCUT2D eigenvalue weighted by molar-refractivity contribution is 7.47. The summed E-state index contributed by atoms with van der Waals surface area (Å²) in [7, 11) is 1.62. The van der Waals surface area contributed by atoms with E-state index in [4.69, 9.17) is 18.5 Å². The van der Waals surface area contributed by atoms with Crippen molar-refractivity contribution in [1.82, 2.24) is 0 Å². The topological polar surface area (TPSA) is 91.3 Å². The van der Waals surface area contributed by atoms with Gasteiger partial charge >= 0.3 is 13.8 Å². The molecule has 8 nitrogen and oxygen atoms in total. The summed E-state index contributed by atoms with van der Waals surface area (Å²) < 4.78 is 35.1. The van der Waals surface area contributed by atoms with Crippen molar-refractivity contribution >= 4 is 13.8 Å². The predicted molar refractivity (Wildman–Crippen MR) is 270 cm³/mol. The molecule has 0 heterocycles. The Morgan fingerprint density at radius 1 is 0.508 bits per heavy atom. The molecule has 0 aliphatic carbocycles. The molecular formula is C54H97NO7P+. The molecule has 2 unspecified atom stereocenters. The van der Waals surface area contributed by atoms with Gasteiger partial charge in [-0.25, -0.2) is 4.57 Å². The monoisotopic (exact) mass is 903 g/mol. The fourth-order valence-corrected chi connectivity index (χ4v) is 7.30. The number of carbonyl (C=O) groups is 1. The van der Waals surface area contributed by atoms with Crippen LogP contribution in [0.2, 0.25) is 0 Å². The lowest BCUT2D eigenvalue weighted by atomic mass is 10.0. The Morgan fingerprint density at radius 2 is 0.921 bits per heavy atom. The van der Waals surface area contributed by atoms with Gasteiger partial charge in [-0.3, -0.25) is 13.8 Å². The van der Waals surface area contributed by atoms with Gasteiger partial charge in [0.2, 0.25) is 0 Å². The van der Waals surface area contributed by atoms with Gasteiger partial charge in [0.25, 0.3) is 0 Å². The smallest absolute Gasteiger partial charge is 0.457 e. The van der Waals surface area contributed by atoms with E-state index >= 15 is 0 Å². The Bertz CT molecular complexity index is 1280. The van der Waals surface area contributed by atoms with Crippen LogP contribution in [0.4, 0.5) is 0 Å². The van der Waals surface area contributed by atoms with E-state index < -0.39 is 13.9 Å². The van der Waals surface area contributed by atoms with Crippen LogP contribution in [0.25, 0.3) is 0 Å². The number of unbranched alkanes of at least 4 members (excludes halogenated alkanes) is 18. The maximum atomic E-state index is 12.7. The summed E-state index contributed by atoms with van der Waals surface area (Å²) in [6, 6.07) is 0. The molecule has 0 spiro atoms. The van der Waals surface area contributed by atoms with Crippen LogP contribution in [-0.2, 0) is 27.9 Å². The second-order valence-corrected chi connectivity index (χ2v) is 19.3. The number of phosphoric acid groups is 1. The molecule has 0 aromatic heterocycles. The lowest BCUT2D eigenvalue weighted by Gasteiger charge is -2.24. The summed E-state index contributed by atoms with van der Waals surface area (Å²) in [4.78, 5) is 22.9. The van der Waals surface area contributed by atoms with Crippen molar-refractivity contribution in [3.8, 4) is 0 Å². The third kappa shape index (κ3) is 50.5. The van der Waals surface area contributed by atoms with E-state index in [0.29, 0.717) is 24.1 Å². The lowest BCUT2D eigenvalue weighted by Crippen LogP contribution is -2.37. The van der Waals surface area contributed by atoms with Crippen molar-refractivity contribution in [2.45, 2.75) is 200 Å². The second-order valence-electron chi connectivity index (χ2n) is 17.8. The van der Waals surface area contributed by atoms with Crippen molar-refractivity contribution in [3.63, 3.8) is 0 Å². The van der Waals surface area contributed by atoms with Gasteiger partial charge in [0.05, 0.1) is 34.4 Å². The standard InChI is InChI=1S/C54H96NO7P/c1-6-8-10-12-14-16-18-20-22-24-25-26-27-28-29-30-32-34-36-38-40-42-44-46-49-59-51-53(52-61-63(57,58)60-50-48-55(3,4)5)62-54(56)47-45-43-41-39-37-35-33-31-23-21-19-17-15-13-11-9-7-2/h9,11,15,17-18,20-21,23-25,33,35,39,41,53H,6-8,10,12-14,16,19,22,26-32,34,36-38,40,42-52H2,1-5H3/p+1/b11-9-,17-15-,20-18-,23-21-,25-24-,35-33-,41-39-. The predicted octanol–water partition coefficient (Wildman–Crippen LogP) is 15.6. The van der Waals surface area contributed by atoms with Crippen LogP contribution >= 0.6 is 7.82 Å². The number of rotatable bonds is 46. The molecule has 2 atom stereocenters. The SMILES string of the molecule is CC/C=C\C/C=C\C/C=C\C/C=C\C/C=C\CCCC(=O)OC(COCCCCCCCCCCCCCC/C=C\C/C=C\CCCCCCC)COP(=O)(O)OCC[N+](C)(C)C. The van der Waals surface area contributed by atoms with Crippen LogP contribution < -0.4 is 0 Å². The molecule has 0 aliphatic rings. The Hall–Kier alpha value is -2.32. The van der Waals surface area contributed by atoms with Crippen LogP contribution in [-0.4, -0.2) is 75.6 Å². The zero-order valence-corrected chi connectivity index (χ0v) is 42.2. The molecule has 0 radical (unpaired) electrons. The highest BCUT2D eigenvalue weighted by Crippen LogP contribution is 2.43. The summed E-state index contributed by atoms with van der Waals surface area (Å²) in [5, 5.41) is 0. The lowest BCUT2D eigenvalue weighted by molar-refractivity contribution is -0.870. The molecule has 0 saturated carbocycles. The van der Waals surface area contributed by atoms with Crippen LogP contribution in [0.1, 0.15) is 194 Å². The van der Waals surface area contributed by atoms with Gasteiger partial charge < -0.3 is 18.9 Å². The van der Waals surface area contributed by atoms with E-state index in [0.717, 1.165) is 57.8 Å². The van der Waals surface area contributed by atoms with E-state index in [1.807, 2.05) is 21.1 Å². The maximum absolute atomic E-state index is 12.7. The molecule has 63 heavy (non-hydrogen) atoms. The average Bonchev–Trinajstić information content (AvgIpc) is 3.24. The van der Waals surface area contributed by atoms with Gasteiger partial charge in [0, 0.05) is 13.0 Å². The Balaban J connectivity index is 4.21. The number of carbonyl (C=O) groups excluding carboxylic acids is 1. The largest absolute Gasteiger partial charge is 0.472 e.